The van der Waals surface area contributed by atoms with Crippen LogP contribution < -0.4 is 15.4 Å². The van der Waals surface area contributed by atoms with Crippen LogP contribution in [0.5, 0.6) is 5.88 Å². The molecule has 10 heteroatoms. The SMILES string of the molecule is CN(c1ccccc1)c1nc(N)nc(-c2noc(-c3ccc(OC4CCC4)nc3)n2)n1. The van der Waals surface area contributed by atoms with Gasteiger partial charge in [-0.3, -0.25) is 0 Å². The summed E-state index contributed by atoms with van der Waals surface area (Å²) in [5, 5.41) is 4.00. The molecule has 3 heterocycles. The van der Waals surface area contributed by atoms with Gasteiger partial charge in [-0.05, 0) is 37.5 Å². The first kappa shape index (κ1) is 18.9. The zero-order chi connectivity index (χ0) is 21.2. The van der Waals surface area contributed by atoms with Crippen molar-refractivity contribution in [1.82, 2.24) is 30.1 Å². The van der Waals surface area contributed by atoms with Gasteiger partial charge in [0.25, 0.3) is 5.89 Å². The summed E-state index contributed by atoms with van der Waals surface area (Å²) in [4.78, 5) is 23.4. The third-order valence-corrected chi connectivity index (χ3v) is 5.03. The third-order valence-electron chi connectivity index (χ3n) is 5.03. The molecule has 0 unspecified atom stereocenters. The normalized spacial score (nSPS) is 13.6. The van der Waals surface area contributed by atoms with E-state index in [1.54, 1.807) is 17.2 Å². The smallest absolute Gasteiger partial charge is 0.259 e. The van der Waals surface area contributed by atoms with Crippen LogP contribution in [-0.4, -0.2) is 43.2 Å². The van der Waals surface area contributed by atoms with Crippen LogP contribution in [0.3, 0.4) is 0 Å². The minimum absolute atomic E-state index is 0.0632. The Morgan fingerprint density at radius 1 is 1.00 bits per heavy atom. The highest BCUT2D eigenvalue weighted by molar-refractivity contribution is 5.60. The molecule has 0 spiro atoms. The molecule has 31 heavy (non-hydrogen) atoms. The molecule has 0 saturated heterocycles. The van der Waals surface area contributed by atoms with Crippen LogP contribution in [-0.2, 0) is 0 Å². The Labute approximate surface area is 178 Å². The Kier molecular flexibility index (Phi) is 4.87. The molecule has 156 valence electrons. The van der Waals surface area contributed by atoms with E-state index < -0.39 is 0 Å². The third kappa shape index (κ3) is 4.00. The average Bonchev–Trinajstić information content (AvgIpc) is 3.27. The maximum atomic E-state index is 5.90. The summed E-state index contributed by atoms with van der Waals surface area (Å²) in [6.07, 6.45) is 5.27. The summed E-state index contributed by atoms with van der Waals surface area (Å²) < 4.78 is 11.2. The predicted molar refractivity (Wildman–Crippen MR) is 114 cm³/mol. The molecule has 0 bridgehead atoms. The molecule has 1 aliphatic rings. The van der Waals surface area contributed by atoms with Crippen LogP contribution in [0.4, 0.5) is 17.6 Å². The summed E-state index contributed by atoms with van der Waals surface area (Å²) in [6.45, 7) is 0. The average molecular weight is 416 g/mol. The number of rotatable bonds is 6. The summed E-state index contributed by atoms with van der Waals surface area (Å²) in [5.74, 6) is 1.76. The molecule has 10 nitrogen and oxygen atoms in total. The van der Waals surface area contributed by atoms with Gasteiger partial charge in [-0.25, -0.2) is 4.98 Å². The zero-order valence-electron chi connectivity index (χ0n) is 16.8. The Bertz CT molecular complexity index is 1180. The molecular weight excluding hydrogens is 396 g/mol. The monoisotopic (exact) mass is 416 g/mol. The number of hydrogen-bond donors (Lipinski definition) is 1. The van der Waals surface area contributed by atoms with E-state index in [9.17, 15) is 0 Å². The Morgan fingerprint density at radius 2 is 1.84 bits per heavy atom. The highest BCUT2D eigenvalue weighted by Crippen LogP contribution is 2.27. The molecule has 0 aliphatic heterocycles. The fourth-order valence-electron chi connectivity index (χ4n) is 3.07. The second-order valence-electron chi connectivity index (χ2n) is 7.19. The molecule has 1 aromatic carbocycles. The first-order valence-corrected chi connectivity index (χ1v) is 9.93. The van der Waals surface area contributed by atoms with Crippen molar-refractivity contribution in [2.45, 2.75) is 25.4 Å². The molecule has 4 aromatic rings. The topological polar surface area (TPSA) is 129 Å². The second-order valence-corrected chi connectivity index (χ2v) is 7.19. The van der Waals surface area contributed by atoms with Gasteiger partial charge >= 0.3 is 0 Å². The molecule has 0 atom stereocenters. The van der Waals surface area contributed by atoms with Crippen molar-refractivity contribution < 1.29 is 9.26 Å². The quantitative estimate of drug-likeness (QED) is 0.500. The van der Waals surface area contributed by atoms with Gasteiger partial charge in [0, 0.05) is 25.0 Å². The highest BCUT2D eigenvalue weighted by atomic mass is 16.5. The Morgan fingerprint density at radius 3 is 2.55 bits per heavy atom. The predicted octanol–water partition coefficient (Wildman–Crippen LogP) is 3.27. The van der Waals surface area contributed by atoms with Crippen LogP contribution in [0.2, 0.25) is 0 Å². The highest BCUT2D eigenvalue weighted by Gasteiger charge is 2.20. The molecule has 0 radical (unpaired) electrons. The van der Waals surface area contributed by atoms with Crippen LogP contribution in [0.1, 0.15) is 19.3 Å². The fraction of sp³-hybridized carbons (Fsp3) is 0.238. The van der Waals surface area contributed by atoms with E-state index in [1.807, 2.05) is 43.4 Å². The van der Waals surface area contributed by atoms with E-state index in [-0.39, 0.29) is 23.7 Å². The second kappa shape index (κ2) is 7.98. The molecule has 3 aromatic heterocycles. The standard InChI is InChI=1S/C21H20N8O2/c1-29(14-6-3-2-4-7-14)21-26-17(25-20(22)27-21)18-24-19(31-28-18)13-10-11-16(23-12-13)30-15-8-5-9-15/h2-4,6-7,10-12,15H,5,8-9H2,1H3,(H2,22,25,26,27). The van der Waals surface area contributed by atoms with Gasteiger partial charge in [0.05, 0.1) is 5.56 Å². The lowest BCUT2D eigenvalue weighted by Crippen LogP contribution is -2.24. The Hall–Kier alpha value is -4.08. The minimum atomic E-state index is 0.0632. The molecule has 1 fully saturated rings. The molecule has 2 N–H and O–H groups in total. The Balaban J connectivity index is 1.38. The number of anilines is 3. The summed E-state index contributed by atoms with van der Waals surface area (Å²) in [7, 11) is 1.84. The van der Waals surface area contributed by atoms with Gasteiger partial charge in [-0.2, -0.15) is 19.9 Å². The summed E-state index contributed by atoms with van der Waals surface area (Å²) in [5.41, 5.74) is 7.48. The van der Waals surface area contributed by atoms with E-state index in [0.717, 1.165) is 18.5 Å². The zero-order valence-corrected chi connectivity index (χ0v) is 16.8. The van der Waals surface area contributed by atoms with E-state index >= 15 is 0 Å². The van der Waals surface area contributed by atoms with Crippen molar-refractivity contribution in [3.05, 3.63) is 48.7 Å². The van der Waals surface area contributed by atoms with Gasteiger partial charge in [-0.1, -0.05) is 23.4 Å². The number of hydrogen-bond acceptors (Lipinski definition) is 10. The van der Waals surface area contributed by atoms with Crippen LogP contribution in [0.25, 0.3) is 23.1 Å². The number of para-hydroxylation sites is 1. The van der Waals surface area contributed by atoms with Crippen molar-refractivity contribution in [1.29, 1.82) is 0 Å². The summed E-state index contributed by atoms with van der Waals surface area (Å²) >= 11 is 0. The van der Waals surface area contributed by atoms with Gasteiger partial charge in [-0.15, -0.1) is 0 Å². The van der Waals surface area contributed by atoms with Crippen LogP contribution in [0, 0.1) is 0 Å². The van der Waals surface area contributed by atoms with E-state index in [1.165, 1.54) is 6.42 Å². The number of aromatic nitrogens is 6. The molecular formula is C21H20N8O2. The van der Waals surface area contributed by atoms with E-state index in [4.69, 9.17) is 15.0 Å². The van der Waals surface area contributed by atoms with Crippen molar-refractivity contribution in [3.8, 4) is 29.0 Å². The fourth-order valence-corrected chi connectivity index (χ4v) is 3.07. The van der Waals surface area contributed by atoms with Gasteiger partial charge < -0.3 is 19.9 Å². The minimum Gasteiger partial charge on any atom is -0.474 e. The van der Waals surface area contributed by atoms with Gasteiger partial charge in [0.15, 0.2) is 0 Å². The number of ether oxygens (including phenoxy) is 1. The largest absolute Gasteiger partial charge is 0.474 e. The van der Waals surface area contributed by atoms with E-state index in [0.29, 0.717) is 23.3 Å². The summed E-state index contributed by atoms with van der Waals surface area (Å²) in [6, 6.07) is 13.3. The lowest BCUT2D eigenvalue weighted by Gasteiger charge is -2.25. The van der Waals surface area contributed by atoms with Crippen molar-refractivity contribution in [3.63, 3.8) is 0 Å². The molecule has 1 aliphatic carbocycles. The van der Waals surface area contributed by atoms with E-state index in [2.05, 4.69) is 30.1 Å². The number of pyridine rings is 1. The lowest BCUT2D eigenvalue weighted by atomic mass is 9.96. The number of nitrogen functional groups attached to an aromatic ring is 1. The first-order valence-electron chi connectivity index (χ1n) is 9.93. The molecule has 1 saturated carbocycles. The van der Waals surface area contributed by atoms with Gasteiger partial charge in [0.2, 0.25) is 29.4 Å². The van der Waals surface area contributed by atoms with Gasteiger partial charge in [0.1, 0.15) is 6.10 Å². The van der Waals surface area contributed by atoms with Crippen LogP contribution in [0.15, 0.2) is 53.2 Å². The maximum absolute atomic E-state index is 5.90. The lowest BCUT2D eigenvalue weighted by molar-refractivity contribution is 0.114. The van der Waals surface area contributed by atoms with Crippen molar-refractivity contribution >= 4 is 17.6 Å². The molecule has 5 rings (SSSR count). The first-order chi connectivity index (χ1) is 15.2. The number of benzene rings is 1. The van der Waals surface area contributed by atoms with Crippen molar-refractivity contribution in [2.75, 3.05) is 17.7 Å². The van der Waals surface area contributed by atoms with Crippen molar-refractivity contribution in [2.24, 2.45) is 0 Å². The number of nitrogens with two attached hydrogens (primary N) is 1. The maximum Gasteiger partial charge on any atom is 0.259 e. The number of nitrogens with zero attached hydrogens (tertiary/aromatic N) is 7. The molecule has 0 amide bonds. The van der Waals surface area contributed by atoms with Crippen LogP contribution >= 0.6 is 0 Å².